The standard InChI is InChI=1S/C19H36N2O2/c1-18(2,3)10-7-8-16(22)20-12-14-21(15-13-20)17(23)9-11-19(4,5)6/h7-15H2,1-6H3. The Bertz CT molecular complexity index is 397. The first-order valence-corrected chi connectivity index (χ1v) is 9.03. The van der Waals surface area contributed by atoms with E-state index >= 15 is 0 Å². The molecule has 134 valence electrons. The highest BCUT2D eigenvalue weighted by Gasteiger charge is 2.25. The zero-order chi connectivity index (χ0) is 17.7. The Morgan fingerprint density at radius 3 is 1.48 bits per heavy atom. The number of piperazine rings is 1. The number of rotatable bonds is 5. The van der Waals surface area contributed by atoms with E-state index in [0.717, 1.165) is 19.3 Å². The number of carbonyl (C=O) groups excluding carboxylic acids is 2. The molecule has 0 unspecified atom stereocenters. The van der Waals surface area contributed by atoms with Gasteiger partial charge in [-0.1, -0.05) is 41.5 Å². The van der Waals surface area contributed by atoms with Gasteiger partial charge < -0.3 is 9.80 Å². The smallest absolute Gasteiger partial charge is 0.222 e. The van der Waals surface area contributed by atoms with Crippen LogP contribution in [0.15, 0.2) is 0 Å². The molecule has 0 aromatic carbocycles. The Balaban J connectivity index is 2.29. The van der Waals surface area contributed by atoms with Crippen LogP contribution in [0.2, 0.25) is 0 Å². The minimum absolute atomic E-state index is 0.195. The molecule has 1 saturated heterocycles. The lowest BCUT2D eigenvalue weighted by Gasteiger charge is -2.35. The third-order valence-corrected chi connectivity index (χ3v) is 4.39. The maximum Gasteiger partial charge on any atom is 0.222 e. The van der Waals surface area contributed by atoms with Gasteiger partial charge >= 0.3 is 0 Å². The third kappa shape index (κ3) is 8.38. The fourth-order valence-electron chi connectivity index (χ4n) is 2.77. The van der Waals surface area contributed by atoms with Crippen LogP contribution in [0.25, 0.3) is 0 Å². The Hall–Kier alpha value is -1.06. The fourth-order valence-corrected chi connectivity index (χ4v) is 2.77. The van der Waals surface area contributed by atoms with Crippen molar-refractivity contribution in [2.75, 3.05) is 26.2 Å². The molecule has 4 heteroatoms. The third-order valence-electron chi connectivity index (χ3n) is 4.39. The van der Waals surface area contributed by atoms with E-state index in [1.807, 2.05) is 9.80 Å². The molecule has 0 N–H and O–H groups in total. The summed E-state index contributed by atoms with van der Waals surface area (Å²) < 4.78 is 0. The lowest BCUT2D eigenvalue weighted by molar-refractivity contribution is -0.139. The molecular weight excluding hydrogens is 288 g/mol. The summed E-state index contributed by atoms with van der Waals surface area (Å²) in [5.74, 6) is 0.482. The van der Waals surface area contributed by atoms with Crippen molar-refractivity contribution in [3.8, 4) is 0 Å². The summed E-state index contributed by atoms with van der Waals surface area (Å²) in [4.78, 5) is 28.3. The van der Waals surface area contributed by atoms with Crippen molar-refractivity contribution in [1.82, 2.24) is 9.80 Å². The van der Waals surface area contributed by atoms with Crippen molar-refractivity contribution >= 4 is 11.8 Å². The summed E-state index contributed by atoms with van der Waals surface area (Å²) >= 11 is 0. The number of amides is 2. The summed E-state index contributed by atoms with van der Waals surface area (Å²) in [5.41, 5.74) is 0.485. The highest BCUT2D eigenvalue weighted by molar-refractivity contribution is 5.78. The Kier molecular flexibility index (Phi) is 7.09. The average molecular weight is 325 g/mol. The second-order valence-electron chi connectivity index (χ2n) is 9.24. The second-order valence-corrected chi connectivity index (χ2v) is 9.24. The SMILES string of the molecule is CC(C)(C)CCCC(=O)N1CCN(C(=O)CCC(C)(C)C)CC1. The molecule has 0 saturated carbocycles. The average Bonchev–Trinajstić information content (AvgIpc) is 2.42. The molecule has 0 bridgehead atoms. The quantitative estimate of drug-likeness (QED) is 0.773. The van der Waals surface area contributed by atoms with Gasteiger partial charge in [-0.15, -0.1) is 0 Å². The maximum atomic E-state index is 12.2. The van der Waals surface area contributed by atoms with E-state index in [0.29, 0.717) is 44.4 Å². The van der Waals surface area contributed by atoms with Crippen molar-refractivity contribution in [3.63, 3.8) is 0 Å². The molecule has 0 radical (unpaired) electrons. The van der Waals surface area contributed by atoms with Crippen LogP contribution in [-0.2, 0) is 9.59 Å². The van der Waals surface area contributed by atoms with E-state index in [9.17, 15) is 9.59 Å². The van der Waals surface area contributed by atoms with Crippen molar-refractivity contribution in [2.24, 2.45) is 10.8 Å². The summed E-state index contributed by atoms with van der Waals surface area (Å²) in [6.45, 7) is 15.9. The monoisotopic (exact) mass is 324 g/mol. The Morgan fingerprint density at radius 2 is 1.09 bits per heavy atom. The van der Waals surface area contributed by atoms with Gasteiger partial charge in [0.05, 0.1) is 0 Å². The molecule has 0 aromatic rings. The molecule has 1 aliphatic rings. The van der Waals surface area contributed by atoms with Gasteiger partial charge in [0, 0.05) is 39.0 Å². The molecule has 0 spiro atoms. The van der Waals surface area contributed by atoms with Gasteiger partial charge in [-0.05, 0) is 30.1 Å². The molecule has 2 amide bonds. The zero-order valence-corrected chi connectivity index (χ0v) is 16.1. The van der Waals surface area contributed by atoms with E-state index in [1.165, 1.54) is 0 Å². The summed E-state index contributed by atoms with van der Waals surface area (Å²) in [6, 6.07) is 0. The summed E-state index contributed by atoms with van der Waals surface area (Å²) in [5, 5.41) is 0. The highest BCUT2D eigenvalue weighted by Crippen LogP contribution is 2.23. The van der Waals surface area contributed by atoms with Crippen LogP contribution < -0.4 is 0 Å². The molecule has 23 heavy (non-hydrogen) atoms. The minimum atomic E-state index is 0.195. The summed E-state index contributed by atoms with van der Waals surface area (Å²) in [7, 11) is 0. The van der Waals surface area contributed by atoms with E-state index in [1.54, 1.807) is 0 Å². The molecule has 0 aromatic heterocycles. The maximum absolute atomic E-state index is 12.2. The molecule has 1 heterocycles. The first-order chi connectivity index (χ1) is 10.5. The molecule has 1 aliphatic heterocycles. The molecule has 0 aliphatic carbocycles. The van der Waals surface area contributed by atoms with Gasteiger partial charge in [0.15, 0.2) is 0 Å². The number of carbonyl (C=O) groups is 2. The molecular formula is C19H36N2O2. The van der Waals surface area contributed by atoms with Crippen molar-refractivity contribution in [1.29, 1.82) is 0 Å². The van der Waals surface area contributed by atoms with Crippen LogP contribution in [-0.4, -0.2) is 47.8 Å². The fraction of sp³-hybridized carbons (Fsp3) is 0.895. The van der Waals surface area contributed by atoms with E-state index < -0.39 is 0 Å². The predicted octanol–water partition coefficient (Wildman–Crippen LogP) is 3.70. The summed E-state index contributed by atoms with van der Waals surface area (Å²) in [6.07, 6.45) is 4.19. The second kappa shape index (κ2) is 8.16. The molecule has 0 atom stereocenters. The number of nitrogens with zero attached hydrogens (tertiary/aromatic N) is 2. The van der Waals surface area contributed by atoms with Gasteiger partial charge in [0.2, 0.25) is 11.8 Å². The van der Waals surface area contributed by atoms with Gasteiger partial charge in [-0.3, -0.25) is 9.59 Å². The molecule has 1 rings (SSSR count). The van der Waals surface area contributed by atoms with Crippen LogP contribution in [0, 0.1) is 10.8 Å². The Morgan fingerprint density at radius 1 is 0.696 bits per heavy atom. The van der Waals surface area contributed by atoms with Crippen molar-refractivity contribution in [3.05, 3.63) is 0 Å². The van der Waals surface area contributed by atoms with Crippen LogP contribution in [0.1, 0.15) is 73.6 Å². The van der Waals surface area contributed by atoms with Crippen molar-refractivity contribution in [2.45, 2.75) is 73.6 Å². The van der Waals surface area contributed by atoms with E-state index in [-0.39, 0.29) is 17.2 Å². The van der Waals surface area contributed by atoms with Crippen molar-refractivity contribution < 1.29 is 9.59 Å². The van der Waals surface area contributed by atoms with Crippen LogP contribution >= 0.6 is 0 Å². The zero-order valence-electron chi connectivity index (χ0n) is 16.1. The predicted molar refractivity (Wildman–Crippen MR) is 95.2 cm³/mol. The normalized spacial score (nSPS) is 16.6. The molecule has 4 nitrogen and oxygen atoms in total. The molecule has 1 fully saturated rings. The number of hydrogen-bond donors (Lipinski definition) is 0. The van der Waals surface area contributed by atoms with E-state index in [4.69, 9.17) is 0 Å². The minimum Gasteiger partial charge on any atom is -0.339 e. The van der Waals surface area contributed by atoms with E-state index in [2.05, 4.69) is 41.5 Å². The van der Waals surface area contributed by atoms with Gasteiger partial charge in [-0.2, -0.15) is 0 Å². The lowest BCUT2D eigenvalue weighted by Crippen LogP contribution is -2.50. The highest BCUT2D eigenvalue weighted by atomic mass is 16.2. The largest absolute Gasteiger partial charge is 0.339 e. The van der Waals surface area contributed by atoms with Gasteiger partial charge in [0.25, 0.3) is 0 Å². The number of hydrogen-bond acceptors (Lipinski definition) is 2. The van der Waals surface area contributed by atoms with Crippen LogP contribution in [0.5, 0.6) is 0 Å². The Labute approximate surface area is 142 Å². The lowest BCUT2D eigenvalue weighted by atomic mass is 9.90. The van der Waals surface area contributed by atoms with Crippen LogP contribution in [0.3, 0.4) is 0 Å². The first-order valence-electron chi connectivity index (χ1n) is 9.03. The van der Waals surface area contributed by atoms with Gasteiger partial charge in [0.1, 0.15) is 0 Å². The first kappa shape index (κ1) is 20.0. The van der Waals surface area contributed by atoms with Gasteiger partial charge in [-0.25, -0.2) is 0 Å². The topological polar surface area (TPSA) is 40.6 Å². The van der Waals surface area contributed by atoms with Crippen LogP contribution in [0.4, 0.5) is 0 Å².